The Morgan fingerprint density at radius 3 is 2.35 bits per heavy atom. The molecule has 3 aliphatic rings. The average Bonchev–Trinajstić information content (AvgIpc) is 3.60. The van der Waals surface area contributed by atoms with Crippen LogP contribution in [0.5, 0.6) is 0 Å². The van der Waals surface area contributed by atoms with Crippen LogP contribution >= 0.6 is 0 Å². The van der Waals surface area contributed by atoms with Crippen LogP contribution in [0.15, 0.2) is 47.4 Å². The van der Waals surface area contributed by atoms with Gasteiger partial charge in [-0.1, -0.05) is 18.6 Å². The second-order valence-corrected chi connectivity index (χ2v) is 12.4. The fourth-order valence-corrected chi connectivity index (χ4v) is 6.17. The molecule has 2 aromatic carbocycles. The molecule has 0 bridgehead atoms. The van der Waals surface area contributed by atoms with Crippen LogP contribution < -0.4 is 5.32 Å². The highest BCUT2D eigenvalue weighted by Gasteiger charge is 2.61. The lowest BCUT2D eigenvalue weighted by Gasteiger charge is -2.61. The fourth-order valence-electron chi connectivity index (χ4n) is 5.50. The summed E-state index contributed by atoms with van der Waals surface area (Å²) < 4.78 is 77.7. The van der Waals surface area contributed by atoms with Crippen LogP contribution in [0.25, 0.3) is 0 Å². The van der Waals surface area contributed by atoms with Gasteiger partial charge in [-0.05, 0) is 61.9 Å². The summed E-state index contributed by atoms with van der Waals surface area (Å²) in [6.07, 6.45) is 0.120. The molecule has 1 saturated heterocycles. The standard InChI is InChI=1S/C26H26F4N2O4S/c1-37(35,36)18-5-2-4-16(12-18)24(34)32-14-25(10-3-11-25)22(32)23(33)31-21(15-6-7-15)19-9-8-17(13-20(19)27)26(28,29)30/h2,4-5,8-9,12-13,15,21-22H,3,6-7,10-11,14H2,1H3,(H,31,33)/t21-,22+/m1/s1. The summed E-state index contributed by atoms with van der Waals surface area (Å²) in [6, 6.07) is 6.31. The molecule has 1 N–H and O–H groups in total. The molecule has 11 heteroatoms. The first-order valence-electron chi connectivity index (χ1n) is 12.1. The number of halogens is 4. The van der Waals surface area contributed by atoms with E-state index in [1.165, 1.54) is 29.2 Å². The third-order valence-corrected chi connectivity index (χ3v) is 8.91. The molecule has 2 aliphatic carbocycles. The number of carbonyl (C=O) groups is 2. The van der Waals surface area contributed by atoms with Crippen LogP contribution in [0.3, 0.4) is 0 Å². The molecule has 2 aromatic rings. The number of benzene rings is 2. The molecule has 0 unspecified atom stereocenters. The third kappa shape index (κ3) is 4.73. The first-order valence-corrected chi connectivity index (χ1v) is 14.0. The van der Waals surface area contributed by atoms with Crippen molar-refractivity contribution in [3.63, 3.8) is 0 Å². The Balaban J connectivity index is 1.40. The molecule has 198 valence electrons. The van der Waals surface area contributed by atoms with E-state index in [1.54, 1.807) is 0 Å². The van der Waals surface area contributed by atoms with E-state index in [0.29, 0.717) is 25.5 Å². The quantitative estimate of drug-likeness (QED) is 0.549. The minimum atomic E-state index is -4.69. The highest BCUT2D eigenvalue weighted by Crippen LogP contribution is 2.54. The van der Waals surface area contributed by atoms with E-state index in [2.05, 4.69) is 5.32 Å². The minimum absolute atomic E-state index is 0.00944. The van der Waals surface area contributed by atoms with Crippen LogP contribution in [0, 0.1) is 17.2 Å². The minimum Gasteiger partial charge on any atom is -0.347 e. The zero-order chi connectivity index (χ0) is 26.8. The number of alkyl halides is 3. The first kappa shape index (κ1) is 25.7. The Hall–Kier alpha value is -2.95. The van der Waals surface area contributed by atoms with E-state index in [0.717, 1.165) is 37.7 Å². The van der Waals surface area contributed by atoms with Gasteiger partial charge in [0.1, 0.15) is 11.9 Å². The van der Waals surface area contributed by atoms with Gasteiger partial charge in [0.15, 0.2) is 9.84 Å². The van der Waals surface area contributed by atoms with Crippen LogP contribution in [0.2, 0.25) is 0 Å². The summed E-state index contributed by atoms with van der Waals surface area (Å²) in [5.74, 6) is -2.10. The Labute approximate surface area is 212 Å². The van der Waals surface area contributed by atoms with Crippen molar-refractivity contribution in [1.29, 1.82) is 0 Å². The average molecular weight is 539 g/mol. The molecule has 5 rings (SSSR count). The van der Waals surface area contributed by atoms with Crippen molar-refractivity contribution in [1.82, 2.24) is 10.2 Å². The van der Waals surface area contributed by atoms with Crippen molar-refractivity contribution >= 4 is 21.7 Å². The van der Waals surface area contributed by atoms with Crippen molar-refractivity contribution in [2.75, 3.05) is 12.8 Å². The van der Waals surface area contributed by atoms with E-state index in [4.69, 9.17) is 0 Å². The van der Waals surface area contributed by atoms with Gasteiger partial charge in [0.2, 0.25) is 5.91 Å². The topological polar surface area (TPSA) is 83.6 Å². The smallest absolute Gasteiger partial charge is 0.347 e. The zero-order valence-electron chi connectivity index (χ0n) is 20.0. The lowest BCUT2D eigenvalue weighted by Crippen LogP contribution is -2.73. The van der Waals surface area contributed by atoms with Gasteiger partial charge in [0.25, 0.3) is 5.91 Å². The van der Waals surface area contributed by atoms with Crippen LogP contribution in [0.1, 0.15) is 59.6 Å². The number of amides is 2. The lowest BCUT2D eigenvalue weighted by molar-refractivity contribution is -0.153. The normalized spacial score (nSPS) is 21.6. The molecule has 2 atom stereocenters. The fraction of sp³-hybridized carbons (Fsp3) is 0.462. The van der Waals surface area contributed by atoms with E-state index in [1.807, 2.05) is 0 Å². The molecule has 2 amide bonds. The first-order chi connectivity index (χ1) is 17.3. The van der Waals surface area contributed by atoms with Gasteiger partial charge in [0, 0.05) is 29.3 Å². The van der Waals surface area contributed by atoms with Crippen molar-refractivity contribution < 1.29 is 35.6 Å². The summed E-state index contributed by atoms with van der Waals surface area (Å²) >= 11 is 0. The second-order valence-electron chi connectivity index (χ2n) is 10.4. The number of hydrogen-bond acceptors (Lipinski definition) is 4. The maximum Gasteiger partial charge on any atom is 0.416 e. The van der Waals surface area contributed by atoms with E-state index in [9.17, 15) is 35.6 Å². The number of nitrogens with one attached hydrogen (secondary N) is 1. The monoisotopic (exact) mass is 538 g/mol. The van der Waals surface area contributed by atoms with Gasteiger partial charge >= 0.3 is 6.18 Å². The van der Waals surface area contributed by atoms with E-state index in [-0.39, 0.29) is 21.9 Å². The molecule has 6 nitrogen and oxygen atoms in total. The van der Waals surface area contributed by atoms with Gasteiger partial charge in [-0.3, -0.25) is 9.59 Å². The van der Waals surface area contributed by atoms with Gasteiger partial charge in [-0.15, -0.1) is 0 Å². The molecule has 0 radical (unpaired) electrons. The molecular weight excluding hydrogens is 512 g/mol. The summed E-state index contributed by atoms with van der Waals surface area (Å²) in [5, 5.41) is 2.84. The number of sulfone groups is 1. The van der Waals surface area contributed by atoms with E-state index < -0.39 is 56.7 Å². The van der Waals surface area contributed by atoms with Crippen LogP contribution in [0.4, 0.5) is 17.6 Å². The Morgan fingerprint density at radius 2 is 1.81 bits per heavy atom. The SMILES string of the molecule is CS(=O)(=O)c1cccc(C(=O)N2CC3(CCC3)[C@@H]2C(=O)N[C@@H](c2ccc(C(F)(F)F)cc2F)C2CC2)c1. The van der Waals surface area contributed by atoms with Crippen LogP contribution in [-0.2, 0) is 20.8 Å². The van der Waals surface area contributed by atoms with Gasteiger partial charge in [0.05, 0.1) is 16.5 Å². The maximum atomic E-state index is 14.8. The molecule has 37 heavy (non-hydrogen) atoms. The lowest BCUT2D eigenvalue weighted by atomic mass is 9.57. The summed E-state index contributed by atoms with van der Waals surface area (Å²) in [4.78, 5) is 28.3. The molecule has 0 aromatic heterocycles. The number of nitrogens with zero attached hydrogens (tertiary/aromatic N) is 1. The van der Waals surface area contributed by atoms with Crippen molar-refractivity contribution in [2.45, 2.75) is 55.3 Å². The van der Waals surface area contributed by atoms with Crippen molar-refractivity contribution in [3.8, 4) is 0 Å². The Bertz CT molecular complexity index is 1370. The summed E-state index contributed by atoms with van der Waals surface area (Å²) in [5.41, 5.74) is -1.37. The van der Waals surface area contributed by atoms with Crippen molar-refractivity contribution in [3.05, 3.63) is 65.0 Å². The van der Waals surface area contributed by atoms with Crippen molar-refractivity contribution in [2.24, 2.45) is 11.3 Å². The predicted octanol–water partition coefficient (Wildman–Crippen LogP) is 4.51. The molecular formula is C26H26F4N2O4S. The highest BCUT2D eigenvalue weighted by molar-refractivity contribution is 7.90. The largest absolute Gasteiger partial charge is 0.416 e. The predicted molar refractivity (Wildman–Crippen MR) is 126 cm³/mol. The van der Waals surface area contributed by atoms with Crippen LogP contribution in [-0.4, -0.2) is 44.0 Å². The molecule has 1 aliphatic heterocycles. The number of rotatable bonds is 6. The van der Waals surface area contributed by atoms with Gasteiger partial charge in [-0.2, -0.15) is 13.2 Å². The Morgan fingerprint density at radius 1 is 1.11 bits per heavy atom. The molecule has 1 spiro atoms. The summed E-state index contributed by atoms with van der Waals surface area (Å²) in [6.45, 7) is 0.343. The highest BCUT2D eigenvalue weighted by atomic mass is 32.2. The summed E-state index contributed by atoms with van der Waals surface area (Å²) in [7, 11) is -3.54. The zero-order valence-corrected chi connectivity index (χ0v) is 20.8. The number of carbonyl (C=O) groups excluding carboxylic acids is 2. The number of likely N-dealkylation sites (tertiary alicyclic amines) is 1. The van der Waals surface area contributed by atoms with Gasteiger partial charge < -0.3 is 10.2 Å². The maximum absolute atomic E-state index is 14.8. The molecule has 1 heterocycles. The Kier molecular flexibility index (Phi) is 6.12. The molecule has 3 fully saturated rings. The van der Waals surface area contributed by atoms with Gasteiger partial charge in [-0.25, -0.2) is 12.8 Å². The number of hydrogen-bond donors (Lipinski definition) is 1. The second kappa shape index (κ2) is 8.82. The molecule has 2 saturated carbocycles. The van der Waals surface area contributed by atoms with E-state index >= 15 is 0 Å². The third-order valence-electron chi connectivity index (χ3n) is 7.80.